The van der Waals surface area contributed by atoms with Crippen LogP contribution in [0.25, 0.3) is 10.9 Å². The number of carbonyl (C=O) groups is 1. The number of hydrogen-bond donors (Lipinski definition) is 2. The fourth-order valence-corrected chi connectivity index (χ4v) is 2.32. The number of nitrogens with one attached hydrogen (secondary N) is 2. The van der Waals surface area contributed by atoms with E-state index in [0.717, 1.165) is 6.54 Å². The topological polar surface area (TPSA) is 78.1 Å². The highest BCUT2D eigenvalue weighted by atomic mass is 16.2. The van der Waals surface area contributed by atoms with Gasteiger partial charge in [0.2, 0.25) is 5.91 Å². The molecule has 2 rings (SSSR count). The molecule has 0 saturated carbocycles. The number of benzene rings is 1. The highest BCUT2D eigenvalue weighted by Crippen LogP contribution is 2.06. The summed E-state index contributed by atoms with van der Waals surface area (Å²) < 4.78 is 0. The monoisotopic (exact) mass is 302 g/mol. The molecule has 1 amide bonds. The third kappa shape index (κ3) is 4.14. The Labute approximate surface area is 129 Å². The smallest absolute Gasteiger partial charge is 0.258 e. The minimum Gasteiger partial charge on any atom is -0.355 e. The first-order valence-corrected chi connectivity index (χ1v) is 7.61. The van der Waals surface area contributed by atoms with Crippen LogP contribution in [0.15, 0.2) is 29.1 Å². The number of likely N-dealkylation sites (N-methyl/N-ethyl adjacent to an activating group) is 2. The number of fused-ring (bicyclic) bond motifs is 1. The fraction of sp³-hybridized carbons (Fsp3) is 0.438. The average molecular weight is 302 g/mol. The van der Waals surface area contributed by atoms with Crippen LogP contribution in [0.1, 0.15) is 19.7 Å². The van der Waals surface area contributed by atoms with Crippen LogP contribution in [0.3, 0.4) is 0 Å². The van der Waals surface area contributed by atoms with Gasteiger partial charge < -0.3 is 10.3 Å². The maximum atomic E-state index is 12.0. The fourth-order valence-electron chi connectivity index (χ4n) is 2.32. The Bertz CT molecular complexity index is 696. The van der Waals surface area contributed by atoms with Crippen molar-refractivity contribution < 1.29 is 4.79 Å². The van der Waals surface area contributed by atoms with E-state index >= 15 is 0 Å². The van der Waals surface area contributed by atoms with Gasteiger partial charge in [-0.15, -0.1) is 0 Å². The van der Waals surface area contributed by atoms with Crippen LogP contribution in [-0.4, -0.2) is 47.0 Å². The molecule has 6 nitrogen and oxygen atoms in total. The molecule has 6 heteroatoms. The van der Waals surface area contributed by atoms with Crippen molar-refractivity contribution in [1.29, 1.82) is 0 Å². The SMILES string of the molecule is CCNC(=O)CN(CC)CCc1nc2ccccc2c(=O)[nH]1. The van der Waals surface area contributed by atoms with Gasteiger partial charge in [-0.05, 0) is 25.6 Å². The van der Waals surface area contributed by atoms with Crippen molar-refractivity contribution in [3.8, 4) is 0 Å². The van der Waals surface area contributed by atoms with E-state index < -0.39 is 0 Å². The predicted molar refractivity (Wildman–Crippen MR) is 86.9 cm³/mol. The van der Waals surface area contributed by atoms with Crippen LogP contribution in [-0.2, 0) is 11.2 Å². The van der Waals surface area contributed by atoms with Crippen LogP contribution in [0, 0.1) is 0 Å². The number of aromatic amines is 1. The molecule has 0 saturated heterocycles. The molecule has 0 aliphatic heterocycles. The number of rotatable bonds is 7. The maximum absolute atomic E-state index is 12.0. The first-order chi connectivity index (χ1) is 10.6. The molecule has 1 heterocycles. The van der Waals surface area contributed by atoms with Gasteiger partial charge in [0.15, 0.2) is 0 Å². The summed E-state index contributed by atoms with van der Waals surface area (Å²) in [6, 6.07) is 7.29. The number of carbonyl (C=O) groups excluding carboxylic acids is 1. The zero-order valence-corrected chi connectivity index (χ0v) is 13.1. The molecule has 1 aromatic carbocycles. The van der Waals surface area contributed by atoms with Gasteiger partial charge in [-0.1, -0.05) is 19.1 Å². The van der Waals surface area contributed by atoms with Gasteiger partial charge in [-0.2, -0.15) is 0 Å². The van der Waals surface area contributed by atoms with Crippen molar-refractivity contribution in [2.45, 2.75) is 20.3 Å². The van der Waals surface area contributed by atoms with Crippen LogP contribution in [0.5, 0.6) is 0 Å². The highest BCUT2D eigenvalue weighted by Gasteiger charge is 2.10. The van der Waals surface area contributed by atoms with Gasteiger partial charge in [0.05, 0.1) is 17.4 Å². The summed E-state index contributed by atoms with van der Waals surface area (Å²) in [6.45, 7) is 6.36. The third-order valence-electron chi connectivity index (χ3n) is 3.52. The van der Waals surface area contributed by atoms with Gasteiger partial charge in [0.1, 0.15) is 5.82 Å². The minimum absolute atomic E-state index is 0.0179. The summed E-state index contributed by atoms with van der Waals surface area (Å²) in [6.07, 6.45) is 0.604. The first kappa shape index (κ1) is 16.2. The quantitative estimate of drug-likeness (QED) is 0.797. The minimum atomic E-state index is -0.118. The normalized spacial score (nSPS) is 11.0. The van der Waals surface area contributed by atoms with Crippen LogP contribution in [0.4, 0.5) is 0 Å². The van der Waals surface area contributed by atoms with E-state index in [4.69, 9.17) is 0 Å². The van der Waals surface area contributed by atoms with Crippen molar-refractivity contribution in [3.63, 3.8) is 0 Å². The molecule has 1 aromatic heterocycles. The number of aromatic nitrogens is 2. The van der Waals surface area contributed by atoms with E-state index in [1.165, 1.54) is 0 Å². The molecule has 0 aliphatic carbocycles. The molecule has 0 radical (unpaired) electrons. The molecule has 0 spiro atoms. The van der Waals surface area contributed by atoms with Crippen LogP contribution < -0.4 is 10.9 Å². The summed E-state index contributed by atoms with van der Waals surface area (Å²) >= 11 is 0. The Morgan fingerprint density at radius 2 is 2.09 bits per heavy atom. The summed E-state index contributed by atoms with van der Waals surface area (Å²) in [4.78, 5) is 32.9. The van der Waals surface area contributed by atoms with Crippen molar-refractivity contribution >= 4 is 16.8 Å². The maximum Gasteiger partial charge on any atom is 0.258 e. The van der Waals surface area contributed by atoms with E-state index in [1.807, 2.05) is 36.9 Å². The third-order valence-corrected chi connectivity index (χ3v) is 3.52. The standard InChI is InChI=1S/C16H22N4O2/c1-3-17-15(21)11-20(4-2)10-9-14-18-13-8-6-5-7-12(13)16(22)19-14/h5-8H,3-4,9-11H2,1-2H3,(H,17,21)(H,18,19,22). The summed E-state index contributed by atoms with van der Waals surface area (Å²) in [5, 5.41) is 3.39. The lowest BCUT2D eigenvalue weighted by atomic mass is 10.2. The Hall–Kier alpha value is -2.21. The first-order valence-electron chi connectivity index (χ1n) is 7.61. The average Bonchev–Trinajstić information content (AvgIpc) is 2.51. The summed E-state index contributed by atoms with van der Waals surface area (Å²) in [5.41, 5.74) is 0.584. The number of amides is 1. The van der Waals surface area contributed by atoms with Crippen molar-refractivity contribution in [2.75, 3.05) is 26.2 Å². The Kier molecular flexibility index (Phi) is 5.66. The second-order valence-corrected chi connectivity index (χ2v) is 5.10. The molecule has 2 aromatic rings. The predicted octanol–water partition coefficient (Wildman–Crippen LogP) is 0.924. The number of nitrogens with zero attached hydrogens (tertiary/aromatic N) is 2. The lowest BCUT2D eigenvalue weighted by Gasteiger charge is -2.19. The second-order valence-electron chi connectivity index (χ2n) is 5.10. The van der Waals surface area contributed by atoms with Gasteiger partial charge >= 0.3 is 0 Å². The molecule has 2 N–H and O–H groups in total. The number of hydrogen-bond acceptors (Lipinski definition) is 4. The van der Waals surface area contributed by atoms with E-state index in [-0.39, 0.29) is 11.5 Å². The summed E-state index contributed by atoms with van der Waals surface area (Å²) in [5.74, 6) is 0.669. The molecular formula is C16H22N4O2. The molecular weight excluding hydrogens is 280 g/mol. The van der Waals surface area contributed by atoms with E-state index in [2.05, 4.69) is 15.3 Å². The molecule has 0 atom stereocenters. The number of H-pyrrole nitrogens is 1. The van der Waals surface area contributed by atoms with Crippen LogP contribution >= 0.6 is 0 Å². The van der Waals surface area contributed by atoms with Crippen molar-refractivity contribution in [2.24, 2.45) is 0 Å². The highest BCUT2D eigenvalue weighted by molar-refractivity contribution is 5.78. The summed E-state index contributed by atoms with van der Waals surface area (Å²) in [7, 11) is 0. The van der Waals surface area contributed by atoms with Crippen molar-refractivity contribution in [1.82, 2.24) is 20.2 Å². The molecule has 22 heavy (non-hydrogen) atoms. The Balaban J connectivity index is 2.04. The molecule has 0 unspecified atom stereocenters. The van der Waals surface area contributed by atoms with Crippen molar-refractivity contribution in [3.05, 3.63) is 40.4 Å². The lowest BCUT2D eigenvalue weighted by Crippen LogP contribution is -2.38. The van der Waals surface area contributed by atoms with Crippen LogP contribution in [0.2, 0.25) is 0 Å². The second kappa shape index (κ2) is 7.70. The van der Waals surface area contributed by atoms with E-state index in [0.29, 0.717) is 42.8 Å². The van der Waals surface area contributed by atoms with Gasteiger partial charge in [0, 0.05) is 19.5 Å². The van der Waals surface area contributed by atoms with E-state index in [9.17, 15) is 9.59 Å². The lowest BCUT2D eigenvalue weighted by molar-refractivity contribution is -0.122. The molecule has 0 bridgehead atoms. The zero-order chi connectivity index (χ0) is 15.9. The van der Waals surface area contributed by atoms with Gasteiger partial charge in [0.25, 0.3) is 5.56 Å². The largest absolute Gasteiger partial charge is 0.355 e. The molecule has 0 fully saturated rings. The number of para-hydroxylation sites is 1. The molecule has 0 aliphatic rings. The Morgan fingerprint density at radius 3 is 2.82 bits per heavy atom. The van der Waals surface area contributed by atoms with E-state index in [1.54, 1.807) is 6.07 Å². The zero-order valence-electron chi connectivity index (χ0n) is 13.1. The van der Waals surface area contributed by atoms with Gasteiger partial charge in [-0.3, -0.25) is 14.5 Å². The van der Waals surface area contributed by atoms with Gasteiger partial charge in [-0.25, -0.2) is 4.98 Å². The Morgan fingerprint density at radius 1 is 1.32 bits per heavy atom. The molecule has 118 valence electrons.